The van der Waals surface area contributed by atoms with Gasteiger partial charge in [0.15, 0.2) is 0 Å². The molecular weight excluding hydrogens is 430 g/mol. The maximum absolute atomic E-state index is 13.3. The molecule has 1 amide bonds. The number of carbonyl (C=O) groups excluding carboxylic acids is 1. The lowest BCUT2D eigenvalue weighted by atomic mass is 10.0. The maximum Gasteiger partial charge on any atom is 0.409 e. The normalized spacial score (nSPS) is 24.0. The highest BCUT2D eigenvalue weighted by atomic mass is 35.5. The first kappa shape index (κ1) is 23.3. The van der Waals surface area contributed by atoms with E-state index in [-0.39, 0.29) is 24.2 Å². The third-order valence-electron chi connectivity index (χ3n) is 5.79. The summed E-state index contributed by atoms with van der Waals surface area (Å²) in [4.78, 5) is 16.4. The van der Waals surface area contributed by atoms with E-state index in [0.717, 1.165) is 12.8 Å². The van der Waals surface area contributed by atoms with Crippen LogP contribution >= 0.6 is 11.6 Å². The average Bonchev–Trinajstić information content (AvgIpc) is 2.73. The van der Waals surface area contributed by atoms with Crippen LogP contribution in [-0.2, 0) is 14.8 Å². The van der Waals surface area contributed by atoms with Crippen LogP contribution in [0.5, 0.6) is 0 Å². The molecule has 2 fully saturated rings. The summed E-state index contributed by atoms with van der Waals surface area (Å²) in [6, 6.07) is 5.57. The van der Waals surface area contributed by atoms with Gasteiger partial charge in [-0.1, -0.05) is 18.0 Å². The summed E-state index contributed by atoms with van der Waals surface area (Å²) in [6.07, 6.45) is 1.88. The molecule has 1 N–H and O–H groups in total. The van der Waals surface area contributed by atoms with Crippen LogP contribution in [-0.4, -0.2) is 91.7 Å². The third kappa shape index (κ3) is 5.45. The van der Waals surface area contributed by atoms with E-state index in [1.165, 1.54) is 16.4 Å². The van der Waals surface area contributed by atoms with Gasteiger partial charge in [0.25, 0.3) is 0 Å². The third-order valence-corrected chi connectivity index (χ3v) is 8.12. The van der Waals surface area contributed by atoms with Gasteiger partial charge in [-0.3, -0.25) is 4.90 Å². The highest BCUT2D eigenvalue weighted by Gasteiger charge is 2.38. The lowest BCUT2D eigenvalue weighted by Crippen LogP contribution is -2.52. The molecule has 3 rings (SSSR count). The number of piperazine rings is 1. The molecule has 2 saturated heterocycles. The molecule has 0 radical (unpaired) electrons. The average molecular weight is 460 g/mol. The van der Waals surface area contributed by atoms with Crippen LogP contribution in [0, 0.1) is 0 Å². The number of rotatable bonds is 6. The van der Waals surface area contributed by atoms with Gasteiger partial charge >= 0.3 is 6.09 Å². The smallest absolute Gasteiger partial charge is 0.409 e. The van der Waals surface area contributed by atoms with E-state index in [4.69, 9.17) is 21.4 Å². The molecule has 1 aromatic carbocycles. The number of β-amino-alcohol motifs (C(OH)–C–C–N with tert-alkyl or cyclic N) is 1. The summed E-state index contributed by atoms with van der Waals surface area (Å²) in [6.45, 7) is 5.07. The second-order valence-electron chi connectivity index (χ2n) is 7.85. The number of aliphatic hydroxyl groups is 1. The second-order valence-corrected chi connectivity index (χ2v) is 10.1. The van der Waals surface area contributed by atoms with Crippen LogP contribution in [0.3, 0.4) is 0 Å². The molecule has 2 atom stereocenters. The van der Waals surface area contributed by atoms with E-state index in [2.05, 4.69) is 4.90 Å². The first-order valence-electron chi connectivity index (χ1n) is 10.4. The molecule has 10 heteroatoms. The monoisotopic (exact) mass is 459 g/mol. The molecule has 0 aromatic heterocycles. The fraction of sp³-hybridized carbons (Fsp3) is 0.650. The number of ether oxygens (including phenoxy) is 1. The molecule has 2 aliphatic rings. The van der Waals surface area contributed by atoms with Crippen molar-refractivity contribution in [2.24, 2.45) is 0 Å². The lowest BCUT2D eigenvalue weighted by molar-refractivity contribution is 0.0484. The molecule has 168 valence electrons. The van der Waals surface area contributed by atoms with Gasteiger partial charge in [-0.15, -0.1) is 0 Å². The molecule has 8 nitrogen and oxygen atoms in total. The van der Waals surface area contributed by atoms with E-state index in [1.54, 1.807) is 17.0 Å². The van der Waals surface area contributed by atoms with Crippen molar-refractivity contribution in [2.75, 3.05) is 45.9 Å². The number of aliphatic hydroxyl groups excluding tert-OH is 1. The van der Waals surface area contributed by atoms with Gasteiger partial charge in [0.1, 0.15) is 6.61 Å². The van der Waals surface area contributed by atoms with Crippen LogP contribution in [0.1, 0.15) is 26.2 Å². The highest BCUT2D eigenvalue weighted by molar-refractivity contribution is 7.89. The molecule has 0 aliphatic carbocycles. The molecule has 0 spiro atoms. The largest absolute Gasteiger partial charge is 0.448 e. The number of halogens is 1. The summed E-state index contributed by atoms with van der Waals surface area (Å²) >= 11 is 5.90. The standard InChI is InChI=1S/C20H30ClN3O5S/c1-16-3-2-4-18(24(16)30(27,28)19-7-5-17(21)6-8-19)15-29-20(26)23-11-9-22(10-12-23)13-14-25/h5-8,16,18,25H,2-4,9-15H2,1H3/t16?,18-/m0/s1. The Labute approximate surface area is 183 Å². The van der Waals surface area contributed by atoms with Crippen LogP contribution in [0.4, 0.5) is 4.79 Å². The Morgan fingerprint density at radius 1 is 1.17 bits per heavy atom. The summed E-state index contributed by atoms with van der Waals surface area (Å²) in [5.41, 5.74) is 0. The van der Waals surface area contributed by atoms with Crippen molar-refractivity contribution in [3.8, 4) is 0 Å². The Hall–Kier alpha value is -1.39. The minimum absolute atomic E-state index is 0.0346. The van der Waals surface area contributed by atoms with E-state index in [9.17, 15) is 13.2 Å². The molecule has 0 saturated carbocycles. The zero-order chi connectivity index (χ0) is 21.7. The minimum atomic E-state index is -3.72. The molecule has 1 aromatic rings. The van der Waals surface area contributed by atoms with E-state index in [1.807, 2.05) is 6.92 Å². The van der Waals surface area contributed by atoms with Gasteiger partial charge in [-0.2, -0.15) is 4.31 Å². The van der Waals surface area contributed by atoms with Gasteiger partial charge in [-0.05, 0) is 44.0 Å². The molecule has 0 bridgehead atoms. The second kappa shape index (κ2) is 10.3. The summed E-state index contributed by atoms with van der Waals surface area (Å²) in [5.74, 6) is 0. The summed E-state index contributed by atoms with van der Waals surface area (Å²) in [5, 5.41) is 9.50. The van der Waals surface area contributed by atoms with Crippen molar-refractivity contribution in [1.82, 2.24) is 14.1 Å². The van der Waals surface area contributed by atoms with Gasteiger partial charge in [0, 0.05) is 43.8 Å². The van der Waals surface area contributed by atoms with Crippen molar-refractivity contribution in [3.05, 3.63) is 29.3 Å². The fourth-order valence-corrected chi connectivity index (χ4v) is 6.12. The Morgan fingerprint density at radius 3 is 2.47 bits per heavy atom. The zero-order valence-electron chi connectivity index (χ0n) is 17.2. The predicted octanol–water partition coefficient (Wildman–Crippen LogP) is 2.02. The number of benzene rings is 1. The Balaban J connectivity index is 1.64. The molecule has 30 heavy (non-hydrogen) atoms. The van der Waals surface area contributed by atoms with E-state index in [0.29, 0.717) is 44.2 Å². The molecular formula is C20H30ClN3O5S. The first-order chi connectivity index (χ1) is 14.3. The maximum atomic E-state index is 13.3. The summed E-state index contributed by atoms with van der Waals surface area (Å²) in [7, 11) is -3.72. The van der Waals surface area contributed by atoms with Crippen molar-refractivity contribution >= 4 is 27.7 Å². The number of nitrogens with zero attached hydrogens (tertiary/aromatic N) is 3. The number of sulfonamides is 1. The highest BCUT2D eigenvalue weighted by Crippen LogP contribution is 2.30. The molecule has 2 aliphatic heterocycles. The van der Waals surface area contributed by atoms with E-state index >= 15 is 0 Å². The van der Waals surface area contributed by atoms with Gasteiger partial charge in [0.2, 0.25) is 10.0 Å². The lowest BCUT2D eigenvalue weighted by Gasteiger charge is -2.39. The van der Waals surface area contributed by atoms with Crippen molar-refractivity contribution < 1.29 is 23.1 Å². The molecule has 2 heterocycles. The molecule has 1 unspecified atom stereocenters. The topological polar surface area (TPSA) is 90.4 Å². The van der Waals surface area contributed by atoms with Crippen LogP contribution in [0.25, 0.3) is 0 Å². The minimum Gasteiger partial charge on any atom is -0.448 e. The Kier molecular flexibility index (Phi) is 7.98. The number of piperidine rings is 1. The van der Waals surface area contributed by atoms with Crippen LogP contribution in [0.2, 0.25) is 5.02 Å². The van der Waals surface area contributed by atoms with Gasteiger partial charge in [-0.25, -0.2) is 13.2 Å². The summed E-state index contributed by atoms with van der Waals surface area (Å²) < 4.78 is 33.6. The Morgan fingerprint density at radius 2 is 1.83 bits per heavy atom. The zero-order valence-corrected chi connectivity index (χ0v) is 18.8. The van der Waals surface area contributed by atoms with Crippen LogP contribution < -0.4 is 0 Å². The van der Waals surface area contributed by atoms with Gasteiger partial charge in [0.05, 0.1) is 17.5 Å². The van der Waals surface area contributed by atoms with Gasteiger partial charge < -0.3 is 14.7 Å². The number of hydrogen-bond donors (Lipinski definition) is 1. The first-order valence-corrected chi connectivity index (χ1v) is 12.2. The fourth-order valence-electron chi connectivity index (χ4n) is 4.14. The van der Waals surface area contributed by atoms with E-state index < -0.39 is 22.2 Å². The SMILES string of the molecule is CC1CCC[C@@H](COC(=O)N2CCN(CCO)CC2)N1S(=O)(=O)c1ccc(Cl)cc1. The quantitative estimate of drug-likeness (QED) is 0.699. The number of amides is 1. The Bertz CT molecular complexity index is 812. The number of carbonyl (C=O) groups is 1. The van der Waals surface area contributed by atoms with Crippen LogP contribution in [0.15, 0.2) is 29.2 Å². The van der Waals surface area contributed by atoms with Crippen molar-refractivity contribution in [2.45, 2.75) is 43.2 Å². The van der Waals surface area contributed by atoms with Crippen molar-refractivity contribution in [3.63, 3.8) is 0 Å². The predicted molar refractivity (Wildman–Crippen MR) is 114 cm³/mol. The number of hydrogen-bond acceptors (Lipinski definition) is 6. The van der Waals surface area contributed by atoms with Crippen molar-refractivity contribution in [1.29, 1.82) is 0 Å².